The van der Waals surface area contributed by atoms with Crippen LogP contribution >= 0.6 is 0 Å². The predicted molar refractivity (Wildman–Crippen MR) is 151 cm³/mol. The molecule has 4 aromatic carbocycles. The maximum Gasteiger partial charge on any atom is 0.251 e. The number of amides is 3. The zero-order chi connectivity index (χ0) is 26.6. The van der Waals surface area contributed by atoms with Crippen LogP contribution in [0.4, 0.5) is 17.1 Å². The van der Waals surface area contributed by atoms with Crippen molar-refractivity contribution in [2.75, 3.05) is 22.5 Å². The molecular formula is C31H30N4O3. The predicted octanol–water partition coefficient (Wildman–Crippen LogP) is 5.24. The maximum absolute atomic E-state index is 12.4. The number of nitrogens with one attached hydrogen (secondary N) is 4. The van der Waals surface area contributed by atoms with E-state index < -0.39 is 0 Å². The third-order valence-electron chi connectivity index (χ3n) is 5.83. The first-order chi connectivity index (χ1) is 18.5. The molecule has 0 unspecified atom stereocenters. The highest BCUT2D eigenvalue weighted by atomic mass is 16.2. The van der Waals surface area contributed by atoms with Crippen LogP contribution in [0.25, 0.3) is 0 Å². The molecule has 0 fully saturated rings. The lowest BCUT2D eigenvalue weighted by Gasteiger charge is -2.10. The minimum absolute atomic E-state index is 0.0606. The van der Waals surface area contributed by atoms with Crippen LogP contribution in [0.15, 0.2) is 109 Å². The van der Waals surface area contributed by atoms with Crippen LogP contribution in [0, 0.1) is 0 Å². The van der Waals surface area contributed by atoms with E-state index in [2.05, 4.69) is 21.3 Å². The molecule has 4 aromatic rings. The highest BCUT2D eigenvalue weighted by Crippen LogP contribution is 2.15. The van der Waals surface area contributed by atoms with Gasteiger partial charge in [0.2, 0.25) is 11.8 Å². The monoisotopic (exact) mass is 506 g/mol. The fourth-order valence-corrected chi connectivity index (χ4v) is 3.77. The van der Waals surface area contributed by atoms with Gasteiger partial charge in [-0.2, -0.15) is 0 Å². The summed E-state index contributed by atoms with van der Waals surface area (Å²) < 4.78 is 0. The second-order valence-electron chi connectivity index (χ2n) is 8.76. The lowest BCUT2D eigenvalue weighted by atomic mass is 10.1. The minimum atomic E-state index is -0.214. The summed E-state index contributed by atoms with van der Waals surface area (Å²) in [6.07, 6.45) is 1.07. The van der Waals surface area contributed by atoms with Gasteiger partial charge in [-0.3, -0.25) is 14.4 Å². The van der Waals surface area contributed by atoms with Crippen molar-refractivity contribution in [1.82, 2.24) is 5.32 Å². The Morgan fingerprint density at radius 2 is 1.08 bits per heavy atom. The normalized spacial score (nSPS) is 10.3. The van der Waals surface area contributed by atoms with Crippen LogP contribution in [0.3, 0.4) is 0 Å². The molecule has 0 saturated carbocycles. The highest BCUT2D eigenvalue weighted by Gasteiger charge is 2.07. The quantitative estimate of drug-likeness (QED) is 0.224. The molecular weight excluding hydrogens is 476 g/mol. The lowest BCUT2D eigenvalue weighted by molar-refractivity contribution is -0.116. The SMILES string of the molecule is O=C(CCc1ccccc1)Nc1ccc(NC(=O)CNc2ccc(C(=O)NCc3ccccc3)cc2)cc1. The Kier molecular flexibility index (Phi) is 9.23. The first-order valence-electron chi connectivity index (χ1n) is 12.4. The van der Waals surface area contributed by atoms with Gasteiger partial charge in [-0.1, -0.05) is 60.7 Å². The smallest absolute Gasteiger partial charge is 0.251 e. The third-order valence-corrected chi connectivity index (χ3v) is 5.83. The summed E-state index contributed by atoms with van der Waals surface area (Å²) in [6, 6.07) is 33.5. The molecule has 0 saturated heterocycles. The summed E-state index contributed by atoms with van der Waals surface area (Å²) in [5.74, 6) is -0.433. The zero-order valence-electron chi connectivity index (χ0n) is 20.9. The van der Waals surface area contributed by atoms with Crippen LogP contribution < -0.4 is 21.3 Å². The van der Waals surface area contributed by atoms with Crippen molar-refractivity contribution in [3.63, 3.8) is 0 Å². The summed E-state index contributed by atoms with van der Waals surface area (Å²) in [5, 5.41) is 11.6. The fraction of sp³-hybridized carbons (Fsp3) is 0.129. The number of rotatable bonds is 11. The van der Waals surface area contributed by atoms with Crippen LogP contribution in [0.1, 0.15) is 27.9 Å². The number of benzene rings is 4. The summed E-state index contributed by atoms with van der Waals surface area (Å²) in [5.41, 5.74) is 4.73. The summed E-state index contributed by atoms with van der Waals surface area (Å²) >= 11 is 0. The van der Waals surface area contributed by atoms with Gasteiger partial charge in [-0.15, -0.1) is 0 Å². The first kappa shape index (κ1) is 26.2. The molecule has 0 heterocycles. The van der Waals surface area contributed by atoms with Gasteiger partial charge in [0, 0.05) is 35.6 Å². The average molecular weight is 507 g/mol. The molecule has 0 aliphatic rings. The second-order valence-corrected chi connectivity index (χ2v) is 8.76. The van der Waals surface area contributed by atoms with E-state index in [4.69, 9.17) is 0 Å². The number of hydrogen-bond acceptors (Lipinski definition) is 4. The van der Waals surface area contributed by atoms with Gasteiger partial charge in [0.05, 0.1) is 6.54 Å². The van der Waals surface area contributed by atoms with E-state index in [1.165, 1.54) is 0 Å². The molecule has 0 radical (unpaired) electrons. The molecule has 0 atom stereocenters. The molecule has 4 N–H and O–H groups in total. The van der Waals surface area contributed by atoms with Gasteiger partial charge < -0.3 is 21.3 Å². The summed E-state index contributed by atoms with van der Waals surface area (Å²) in [7, 11) is 0. The Balaban J connectivity index is 1.17. The van der Waals surface area contributed by atoms with Gasteiger partial charge in [0.25, 0.3) is 5.91 Å². The van der Waals surface area contributed by atoms with E-state index in [-0.39, 0.29) is 24.3 Å². The van der Waals surface area contributed by atoms with Crippen LogP contribution in [-0.4, -0.2) is 24.3 Å². The summed E-state index contributed by atoms with van der Waals surface area (Å²) in [4.78, 5) is 36.9. The maximum atomic E-state index is 12.4. The molecule has 0 bridgehead atoms. The Hall–Kier alpha value is -4.91. The van der Waals surface area contributed by atoms with Crippen molar-refractivity contribution in [2.45, 2.75) is 19.4 Å². The lowest BCUT2D eigenvalue weighted by Crippen LogP contribution is -2.23. The van der Waals surface area contributed by atoms with Crippen molar-refractivity contribution in [3.05, 3.63) is 126 Å². The van der Waals surface area contributed by atoms with Gasteiger partial charge in [-0.05, 0) is 66.1 Å². The van der Waals surface area contributed by atoms with E-state index in [0.29, 0.717) is 36.3 Å². The summed E-state index contributed by atoms with van der Waals surface area (Å²) in [6.45, 7) is 0.527. The number of aryl methyl sites for hydroxylation is 1. The van der Waals surface area contributed by atoms with Crippen molar-refractivity contribution in [2.24, 2.45) is 0 Å². The molecule has 0 aliphatic carbocycles. The molecule has 4 rings (SSSR count). The van der Waals surface area contributed by atoms with Crippen molar-refractivity contribution < 1.29 is 14.4 Å². The largest absolute Gasteiger partial charge is 0.376 e. The Morgan fingerprint density at radius 3 is 1.68 bits per heavy atom. The van der Waals surface area contributed by atoms with Crippen molar-refractivity contribution in [1.29, 1.82) is 0 Å². The Labute approximate surface area is 222 Å². The van der Waals surface area contributed by atoms with Gasteiger partial charge >= 0.3 is 0 Å². The van der Waals surface area contributed by atoms with E-state index in [0.717, 1.165) is 16.8 Å². The molecule has 7 nitrogen and oxygen atoms in total. The van der Waals surface area contributed by atoms with Crippen molar-refractivity contribution in [3.8, 4) is 0 Å². The van der Waals surface area contributed by atoms with E-state index in [9.17, 15) is 14.4 Å². The number of carbonyl (C=O) groups excluding carboxylic acids is 3. The topological polar surface area (TPSA) is 99.3 Å². The van der Waals surface area contributed by atoms with E-state index >= 15 is 0 Å². The molecule has 192 valence electrons. The van der Waals surface area contributed by atoms with E-state index in [1.807, 2.05) is 60.7 Å². The fourth-order valence-electron chi connectivity index (χ4n) is 3.77. The van der Waals surface area contributed by atoms with Crippen LogP contribution in [0.5, 0.6) is 0 Å². The number of anilines is 3. The van der Waals surface area contributed by atoms with Crippen molar-refractivity contribution >= 4 is 34.8 Å². The third kappa shape index (κ3) is 8.34. The number of carbonyl (C=O) groups is 3. The molecule has 3 amide bonds. The van der Waals surface area contributed by atoms with Gasteiger partial charge in [-0.25, -0.2) is 0 Å². The molecule has 7 heteroatoms. The van der Waals surface area contributed by atoms with Gasteiger partial charge in [0.1, 0.15) is 0 Å². The van der Waals surface area contributed by atoms with E-state index in [1.54, 1.807) is 48.5 Å². The zero-order valence-corrected chi connectivity index (χ0v) is 20.9. The molecule has 0 aliphatic heterocycles. The average Bonchev–Trinajstić information content (AvgIpc) is 2.96. The Morgan fingerprint density at radius 1 is 0.553 bits per heavy atom. The van der Waals surface area contributed by atoms with Crippen LogP contribution in [-0.2, 0) is 22.6 Å². The molecule has 0 aromatic heterocycles. The minimum Gasteiger partial charge on any atom is -0.376 e. The standard InChI is InChI=1S/C31H30N4O3/c36-29(20-11-23-7-3-1-4-8-23)34-27-16-18-28(19-17-27)35-30(37)22-32-26-14-12-25(13-15-26)31(38)33-21-24-9-5-2-6-10-24/h1-10,12-19,32H,11,20-22H2,(H,33,38)(H,34,36)(H,35,37). The second kappa shape index (κ2) is 13.4. The first-order valence-corrected chi connectivity index (χ1v) is 12.4. The van der Waals surface area contributed by atoms with Gasteiger partial charge in [0.15, 0.2) is 0 Å². The van der Waals surface area contributed by atoms with Crippen LogP contribution in [0.2, 0.25) is 0 Å². The highest BCUT2D eigenvalue weighted by molar-refractivity contribution is 5.96. The number of hydrogen-bond donors (Lipinski definition) is 4. The molecule has 0 spiro atoms. The molecule has 38 heavy (non-hydrogen) atoms. The Bertz CT molecular complexity index is 1340.